The van der Waals surface area contributed by atoms with E-state index in [9.17, 15) is 4.39 Å². The number of hydrogen-bond acceptors (Lipinski definition) is 2. The third-order valence-electron chi connectivity index (χ3n) is 1.42. The first-order valence-corrected chi connectivity index (χ1v) is 4.11. The molecule has 0 N–H and O–H groups in total. The van der Waals surface area contributed by atoms with Gasteiger partial charge in [0.15, 0.2) is 11.0 Å². The lowest BCUT2D eigenvalue weighted by molar-refractivity contribution is 0.619. The van der Waals surface area contributed by atoms with Gasteiger partial charge in [-0.1, -0.05) is 28.9 Å². The average Bonchev–Trinajstić information content (AvgIpc) is 2.19. The lowest BCUT2D eigenvalue weighted by atomic mass is 10.2. The van der Waals surface area contributed by atoms with Crippen LogP contribution in [-0.4, -0.2) is 11.5 Å². The molecule has 0 fully saturated rings. The molecule has 0 aliphatic carbocycles. The van der Waals surface area contributed by atoms with E-state index in [1.165, 1.54) is 24.4 Å². The maximum Gasteiger partial charge on any atom is 0.167 e. The van der Waals surface area contributed by atoms with Crippen LogP contribution in [0.5, 0.6) is 0 Å². The summed E-state index contributed by atoms with van der Waals surface area (Å²) in [5, 5.41) is 3.09. The van der Waals surface area contributed by atoms with Gasteiger partial charge in [-0.05, 0) is 11.6 Å². The minimum Gasteiger partial charge on any atom is -0.242 e. The van der Waals surface area contributed by atoms with Crippen LogP contribution in [0, 0.1) is 5.82 Å². The van der Waals surface area contributed by atoms with Gasteiger partial charge in [0.05, 0.1) is 0 Å². The van der Waals surface area contributed by atoms with E-state index in [2.05, 4.69) is 15.0 Å². The third kappa shape index (κ3) is 2.73. The topological polar surface area (TPSA) is 61.7 Å². The maximum absolute atomic E-state index is 13.2. The second kappa shape index (κ2) is 5.21. The van der Waals surface area contributed by atoms with Gasteiger partial charge in [0, 0.05) is 23.2 Å². The summed E-state index contributed by atoms with van der Waals surface area (Å²) in [5.74, 6) is -0.577. The highest BCUT2D eigenvalue weighted by atomic mass is 35.5. The van der Waals surface area contributed by atoms with Crippen LogP contribution in [-0.2, 0) is 0 Å². The molecule has 0 aliphatic rings. The maximum atomic E-state index is 13.2. The standard InChI is InChI=1S/C8H6ClFN4/c9-8-7(10)6(3-5-12-8)2-1-4-13-14-11/h1-3,5H,4H2. The predicted molar refractivity (Wildman–Crippen MR) is 52.3 cm³/mol. The Bertz CT molecular complexity index is 398. The number of hydrogen-bond donors (Lipinski definition) is 0. The van der Waals surface area contributed by atoms with Gasteiger partial charge in [-0.3, -0.25) is 0 Å². The fourth-order valence-corrected chi connectivity index (χ4v) is 0.989. The fourth-order valence-electron chi connectivity index (χ4n) is 0.824. The molecule has 1 aromatic rings. The van der Waals surface area contributed by atoms with E-state index < -0.39 is 5.82 Å². The molecular formula is C8H6ClFN4. The summed E-state index contributed by atoms with van der Waals surface area (Å²) in [6.07, 6.45) is 4.42. The normalized spacial score (nSPS) is 10.1. The molecule has 1 aromatic heterocycles. The summed E-state index contributed by atoms with van der Waals surface area (Å²) in [4.78, 5) is 6.11. The van der Waals surface area contributed by atoms with Crippen LogP contribution in [0.4, 0.5) is 4.39 Å². The van der Waals surface area contributed by atoms with Crippen molar-refractivity contribution < 1.29 is 4.39 Å². The number of nitrogens with zero attached hydrogens (tertiary/aromatic N) is 4. The Balaban J connectivity index is 2.81. The van der Waals surface area contributed by atoms with Crippen molar-refractivity contribution in [3.05, 3.63) is 45.3 Å². The van der Waals surface area contributed by atoms with Gasteiger partial charge in [-0.25, -0.2) is 9.37 Å². The van der Waals surface area contributed by atoms with Crippen molar-refractivity contribution in [1.82, 2.24) is 4.98 Å². The molecule has 0 aliphatic heterocycles. The quantitative estimate of drug-likeness (QED) is 0.328. The van der Waals surface area contributed by atoms with Crippen LogP contribution in [0.2, 0.25) is 5.15 Å². The Morgan fingerprint density at radius 1 is 1.71 bits per heavy atom. The van der Waals surface area contributed by atoms with Crippen molar-refractivity contribution in [2.45, 2.75) is 0 Å². The van der Waals surface area contributed by atoms with Gasteiger partial charge in [0.1, 0.15) is 0 Å². The molecule has 0 unspecified atom stereocenters. The zero-order valence-corrected chi connectivity index (χ0v) is 7.82. The highest BCUT2D eigenvalue weighted by Gasteiger charge is 2.03. The van der Waals surface area contributed by atoms with Crippen molar-refractivity contribution in [1.29, 1.82) is 0 Å². The van der Waals surface area contributed by atoms with Gasteiger partial charge < -0.3 is 0 Å². The van der Waals surface area contributed by atoms with Crippen molar-refractivity contribution in [2.75, 3.05) is 6.54 Å². The first-order valence-electron chi connectivity index (χ1n) is 3.73. The SMILES string of the molecule is [N-]=[N+]=NCC=Cc1ccnc(Cl)c1F. The minimum atomic E-state index is -0.577. The molecule has 0 radical (unpaired) electrons. The Morgan fingerprint density at radius 3 is 3.21 bits per heavy atom. The second-order valence-electron chi connectivity index (χ2n) is 2.32. The zero-order chi connectivity index (χ0) is 10.4. The molecule has 0 spiro atoms. The summed E-state index contributed by atoms with van der Waals surface area (Å²) in [6.45, 7) is 0.176. The van der Waals surface area contributed by atoms with E-state index in [1.807, 2.05) is 0 Å². The van der Waals surface area contributed by atoms with Gasteiger partial charge >= 0.3 is 0 Å². The van der Waals surface area contributed by atoms with Crippen LogP contribution in [0.1, 0.15) is 5.56 Å². The van der Waals surface area contributed by atoms with Crippen molar-refractivity contribution in [3.63, 3.8) is 0 Å². The van der Waals surface area contributed by atoms with Crippen molar-refractivity contribution in [3.8, 4) is 0 Å². The van der Waals surface area contributed by atoms with E-state index in [1.54, 1.807) is 0 Å². The van der Waals surface area contributed by atoms with Crippen LogP contribution in [0.3, 0.4) is 0 Å². The van der Waals surface area contributed by atoms with Crippen LogP contribution in [0.25, 0.3) is 16.5 Å². The summed E-state index contributed by atoms with van der Waals surface area (Å²) >= 11 is 5.45. The monoisotopic (exact) mass is 212 g/mol. The van der Waals surface area contributed by atoms with Gasteiger partial charge in [-0.2, -0.15) is 0 Å². The first kappa shape index (κ1) is 10.5. The number of rotatable bonds is 3. The molecule has 4 nitrogen and oxygen atoms in total. The highest BCUT2D eigenvalue weighted by Crippen LogP contribution is 2.15. The molecule has 1 heterocycles. The molecule has 0 aromatic carbocycles. The molecule has 0 bridgehead atoms. The molecule has 72 valence electrons. The van der Waals surface area contributed by atoms with Gasteiger partial charge in [-0.15, -0.1) is 0 Å². The number of aromatic nitrogens is 1. The first-order chi connectivity index (χ1) is 6.75. The smallest absolute Gasteiger partial charge is 0.167 e. The molecule has 1 rings (SSSR count). The Labute approximate surface area is 84.7 Å². The zero-order valence-electron chi connectivity index (χ0n) is 7.06. The third-order valence-corrected chi connectivity index (χ3v) is 1.69. The number of azide groups is 1. The summed E-state index contributed by atoms with van der Waals surface area (Å²) in [5.41, 5.74) is 8.30. The summed E-state index contributed by atoms with van der Waals surface area (Å²) in [6, 6.07) is 1.48. The Kier molecular flexibility index (Phi) is 3.91. The molecule has 14 heavy (non-hydrogen) atoms. The molecule has 0 saturated carbocycles. The van der Waals surface area contributed by atoms with E-state index in [0.717, 1.165) is 0 Å². The van der Waals surface area contributed by atoms with Crippen LogP contribution >= 0.6 is 11.6 Å². The van der Waals surface area contributed by atoms with Crippen LogP contribution in [0.15, 0.2) is 23.5 Å². The second-order valence-corrected chi connectivity index (χ2v) is 2.68. The van der Waals surface area contributed by atoms with Gasteiger partial charge in [0.25, 0.3) is 0 Å². The lowest BCUT2D eigenvalue weighted by Crippen LogP contribution is -1.86. The van der Waals surface area contributed by atoms with E-state index in [4.69, 9.17) is 17.1 Å². The average molecular weight is 213 g/mol. The van der Waals surface area contributed by atoms with E-state index in [-0.39, 0.29) is 11.7 Å². The van der Waals surface area contributed by atoms with Crippen molar-refractivity contribution >= 4 is 17.7 Å². The number of pyridine rings is 1. The van der Waals surface area contributed by atoms with E-state index >= 15 is 0 Å². The molecule has 0 atom stereocenters. The summed E-state index contributed by atoms with van der Waals surface area (Å²) < 4.78 is 13.2. The number of halogens is 2. The highest BCUT2D eigenvalue weighted by molar-refractivity contribution is 6.29. The van der Waals surface area contributed by atoms with Crippen LogP contribution < -0.4 is 0 Å². The molecule has 6 heteroatoms. The minimum absolute atomic E-state index is 0.170. The lowest BCUT2D eigenvalue weighted by Gasteiger charge is -1.96. The van der Waals surface area contributed by atoms with E-state index in [0.29, 0.717) is 5.56 Å². The predicted octanol–water partition coefficient (Wildman–Crippen LogP) is 3.20. The van der Waals surface area contributed by atoms with Gasteiger partial charge in [0.2, 0.25) is 0 Å². The van der Waals surface area contributed by atoms with Crippen molar-refractivity contribution in [2.24, 2.45) is 5.11 Å². The molecule has 0 saturated heterocycles. The fraction of sp³-hybridized carbons (Fsp3) is 0.125. The summed E-state index contributed by atoms with van der Waals surface area (Å²) in [7, 11) is 0. The Hall–Kier alpha value is -1.58. The molecular weight excluding hydrogens is 207 g/mol. The Morgan fingerprint density at radius 2 is 2.50 bits per heavy atom. The largest absolute Gasteiger partial charge is 0.242 e. The molecule has 0 amide bonds.